The van der Waals surface area contributed by atoms with Crippen LogP contribution in [0.15, 0.2) is 0 Å². The number of hydrogen-bond acceptors (Lipinski definition) is 4. The van der Waals surface area contributed by atoms with E-state index in [1.54, 1.807) is 0 Å². The first-order chi connectivity index (χ1) is 9.19. The van der Waals surface area contributed by atoms with E-state index in [9.17, 15) is 5.11 Å². The molecule has 0 amide bonds. The predicted octanol–water partition coefficient (Wildman–Crippen LogP) is 0.906. The molecule has 0 saturated carbocycles. The first-order valence-electron chi connectivity index (χ1n) is 8.02. The summed E-state index contributed by atoms with van der Waals surface area (Å²) >= 11 is 0. The lowest BCUT2D eigenvalue weighted by Gasteiger charge is -2.32. The molecule has 0 aromatic carbocycles. The van der Waals surface area contributed by atoms with E-state index in [0.29, 0.717) is 6.04 Å². The lowest BCUT2D eigenvalue weighted by molar-refractivity contribution is 0.152. The van der Waals surface area contributed by atoms with Crippen LogP contribution in [0.25, 0.3) is 0 Å². The van der Waals surface area contributed by atoms with Crippen LogP contribution in [-0.4, -0.2) is 72.4 Å². The van der Waals surface area contributed by atoms with E-state index in [1.807, 2.05) is 0 Å². The van der Waals surface area contributed by atoms with Gasteiger partial charge in [0, 0.05) is 31.2 Å². The molecule has 0 aliphatic carbocycles. The molecular formula is C15H31N3O. The number of likely N-dealkylation sites (tertiary alicyclic amines) is 2. The lowest BCUT2D eigenvalue weighted by atomic mass is 10.1. The monoisotopic (exact) mass is 269 g/mol. The van der Waals surface area contributed by atoms with Crippen LogP contribution in [-0.2, 0) is 0 Å². The summed E-state index contributed by atoms with van der Waals surface area (Å²) in [6.45, 7) is 10.5. The second-order valence-electron chi connectivity index (χ2n) is 6.50. The molecule has 2 aliphatic heterocycles. The van der Waals surface area contributed by atoms with E-state index in [1.165, 1.54) is 51.9 Å². The summed E-state index contributed by atoms with van der Waals surface area (Å²) in [5.41, 5.74) is 0. The van der Waals surface area contributed by atoms with Gasteiger partial charge in [0.05, 0.1) is 6.61 Å². The summed E-state index contributed by atoms with van der Waals surface area (Å²) in [7, 11) is 0. The number of aliphatic hydroxyl groups is 1. The molecule has 2 N–H and O–H groups in total. The molecule has 2 saturated heterocycles. The first kappa shape index (κ1) is 15.2. The van der Waals surface area contributed by atoms with Crippen LogP contribution in [0.5, 0.6) is 0 Å². The second kappa shape index (κ2) is 7.58. The molecule has 2 unspecified atom stereocenters. The second-order valence-corrected chi connectivity index (χ2v) is 6.50. The third kappa shape index (κ3) is 4.71. The molecule has 2 fully saturated rings. The SMILES string of the molecule is CC(C)NC(CO)CN1CCC(N2CCCCC2)C1. The summed E-state index contributed by atoms with van der Waals surface area (Å²) in [5, 5.41) is 12.9. The highest BCUT2D eigenvalue weighted by molar-refractivity contribution is 4.86. The Hall–Kier alpha value is -0.160. The smallest absolute Gasteiger partial charge is 0.0597 e. The minimum absolute atomic E-state index is 0.222. The van der Waals surface area contributed by atoms with Gasteiger partial charge in [-0.3, -0.25) is 4.90 Å². The largest absolute Gasteiger partial charge is 0.395 e. The van der Waals surface area contributed by atoms with Crippen LogP contribution in [0, 0.1) is 0 Å². The average Bonchev–Trinajstić information content (AvgIpc) is 2.87. The van der Waals surface area contributed by atoms with Crippen LogP contribution in [0.4, 0.5) is 0 Å². The molecule has 0 aromatic rings. The normalized spacial score (nSPS) is 28.1. The summed E-state index contributed by atoms with van der Waals surface area (Å²) in [6, 6.07) is 1.43. The number of nitrogens with one attached hydrogen (secondary N) is 1. The van der Waals surface area contributed by atoms with Gasteiger partial charge in [0.15, 0.2) is 0 Å². The zero-order chi connectivity index (χ0) is 13.7. The zero-order valence-electron chi connectivity index (χ0n) is 12.6. The Morgan fingerprint density at radius 1 is 1.16 bits per heavy atom. The van der Waals surface area contributed by atoms with Gasteiger partial charge < -0.3 is 15.3 Å². The van der Waals surface area contributed by atoms with E-state index >= 15 is 0 Å². The fourth-order valence-corrected chi connectivity index (χ4v) is 3.51. The molecule has 2 heterocycles. The Kier molecular flexibility index (Phi) is 6.07. The Bertz CT molecular complexity index is 254. The van der Waals surface area contributed by atoms with Crippen molar-refractivity contribution in [1.29, 1.82) is 0 Å². The topological polar surface area (TPSA) is 38.7 Å². The maximum atomic E-state index is 9.45. The van der Waals surface area contributed by atoms with Gasteiger partial charge in [-0.15, -0.1) is 0 Å². The van der Waals surface area contributed by atoms with Gasteiger partial charge in [0.1, 0.15) is 0 Å². The number of piperidine rings is 1. The molecule has 2 aliphatic rings. The quantitative estimate of drug-likeness (QED) is 0.752. The maximum Gasteiger partial charge on any atom is 0.0597 e. The van der Waals surface area contributed by atoms with Crippen molar-refractivity contribution in [3.8, 4) is 0 Å². The van der Waals surface area contributed by atoms with Crippen molar-refractivity contribution in [1.82, 2.24) is 15.1 Å². The van der Waals surface area contributed by atoms with Crippen molar-refractivity contribution in [2.45, 2.75) is 57.7 Å². The summed E-state index contributed by atoms with van der Waals surface area (Å²) in [5.74, 6) is 0. The molecule has 2 atom stereocenters. The number of nitrogens with zero attached hydrogens (tertiary/aromatic N) is 2. The third-order valence-corrected chi connectivity index (χ3v) is 4.42. The van der Waals surface area contributed by atoms with Crippen LogP contribution in [0.2, 0.25) is 0 Å². The van der Waals surface area contributed by atoms with Crippen LogP contribution in [0.1, 0.15) is 39.5 Å². The Balaban J connectivity index is 1.74. The molecule has 4 nitrogen and oxygen atoms in total. The van der Waals surface area contributed by atoms with E-state index in [0.717, 1.165) is 12.6 Å². The number of rotatable bonds is 6. The molecule has 0 aromatic heterocycles. The highest BCUT2D eigenvalue weighted by atomic mass is 16.3. The van der Waals surface area contributed by atoms with Crippen molar-refractivity contribution in [2.24, 2.45) is 0 Å². The van der Waals surface area contributed by atoms with Crippen LogP contribution < -0.4 is 5.32 Å². The van der Waals surface area contributed by atoms with Gasteiger partial charge in [0.25, 0.3) is 0 Å². The Morgan fingerprint density at radius 2 is 1.89 bits per heavy atom. The highest BCUT2D eigenvalue weighted by Crippen LogP contribution is 2.20. The van der Waals surface area contributed by atoms with Gasteiger partial charge in [-0.05, 0) is 38.9 Å². The summed E-state index contributed by atoms with van der Waals surface area (Å²) in [6.07, 6.45) is 5.48. The fraction of sp³-hybridized carbons (Fsp3) is 1.00. The van der Waals surface area contributed by atoms with Crippen molar-refractivity contribution >= 4 is 0 Å². The van der Waals surface area contributed by atoms with Gasteiger partial charge in [-0.1, -0.05) is 20.3 Å². The average molecular weight is 269 g/mol. The highest BCUT2D eigenvalue weighted by Gasteiger charge is 2.29. The van der Waals surface area contributed by atoms with Gasteiger partial charge in [0.2, 0.25) is 0 Å². The van der Waals surface area contributed by atoms with Gasteiger partial charge in [-0.2, -0.15) is 0 Å². The Morgan fingerprint density at radius 3 is 2.53 bits per heavy atom. The zero-order valence-corrected chi connectivity index (χ0v) is 12.6. The summed E-state index contributed by atoms with van der Waals surface area (Å²) in [4.78, 5) is 5.21. The molecule has 2 rings (SSSR count). The van der Waals surface area contributed by atoms with E-state index < -0.39 is 0 Å². The predicted molar refractivity (Wildman–Crippen MR) is 79.4 cm³/mol. The van der Waals surface area contributed by atoms with Gasteiger partial charge >= 0.3 is 0 Å². The molecule has 112 valence electrons. The van der Waals surface area contributed by atoms with Crippen LogP contribution >= 0.6 is 0 Å². The van der Waals surface area contributed by atoms with E-state index in [2.05, 4.69) is 29.0 Å². The minimum Gasteiger partial charge on any atom is -0.395 e. The van der Waals surface area contributed by atoms with Gasteiger partial charge in [-0.25, -0.2) is 0 Å². The maximum absolute atomic E-state index is 9.45. The molecule has 0 bridgehead atoms. The van der Waals surface area contributed by atoms with Crippen molar-refractivity contribution < 1.29 is 5.11 Å². The molecule has 0 radical (unpaired) electrons. The van der Waals surface area contributed by atoms with Crippen molar-refractivity contribution in [3.05, 3.63) is 0 Å². The van der Waals surface area contributed by atoms with Crippen LogP contribution in [0.3, 0.4) is 0 Å². The number of hydrogen-bond donors (Lipinski definition) is 2. The molecule has 19 heavy (non-hydrogen) atoms. The molecule has 4 heteroatoms. The standard InChI is InChI=1S/C15H31N3O/c1-13(2)16-14(12-19)10-17-9-6-15(11-17)18-7-4-3-5-8-18/h13-16,19H,3-12H2,1-2H3. The van der Waals surface area contributed by atoms with E-state index in [-0.39, 0.29) is 12.6 Å². The van der Waals surface area contributed by atoms with Crippen molar-refractivity contribution in [2.75, 3.05) is 39.3 Å². The number of aliphatic hydroxyl groups excluding tert-OH is 1. The lowest BCUT2D eigenvalue weighted by Crippen LogP contribution is -2.46. The summed E-state index contributed by atoms with van der Waals surface area (Å²) < 4.78 is 0. The van der Waals surface area contributed by atoms with E-state index in [4.69, 9.17) is 0 Å². The third-order valence-electron chi connectivity index (χ3n) is 4.42. The minimum atomic E-state index is 0.222. The molecular weight excluding hydrogens is 238 g/mol. The van der Waals surface area contributed by atoms with Crippen molar-refractivity contribution in [3.63, 3.8) is 0 Å². The first-order valence-corrected chi connectivity index (χ1v) is 8.02. The Labute approximate surface area is 118 Å². The molecule has 0 spiro atoms. The fourth-order valence-electron chi connectivity index (χ4n) is 3.51.